The molecule has 1 aromatic heterocycles. The van der Waals surface area contributed by atoms with E-state index in [-0.39, 0.29) is 11.8 Å². The second-order valence-corrected chi connectivity index (χ2v) is 6.23. The van der Waals surface area contributed by atoms with Crippen molar-refractivity contribution < 1.29 is 14.3 Å². The third-order valence-corrected chi connectivity index (χ3v) is 4.41. The molecule has 138 valence electrons. The number of carbonyl (C=O) groups is 2. The minimum atomic E-state index is -0.442. The van der Waals surface area contributed by atoms with Crippen LogP contribution in [0.5, 0.6) is 5.75 Å². The number of rotatable bonds is 6. The Labute approximate surface area is 152 Å². The second kappa shape index (κ2) is 8.03. The van der Waals surface area contributed by atoms with Crippen LogP contribution in [0, 0.1) is 0 Å². The van der Waals surface area contributed by atoms with Crippen LogP contribution >= 0.6 is 0 Å². The summed E-state index contributed by atoms with van der Waals surface area (Å²) in [5, 5.41) is 9.91. The molecule has 1 aliphatic rings. The quantitative estimate of drug-likeness (QED) is 0.831. The van der Waals surface area contributed by atoms with Gasteiger partial charge in [0.25, 0.3) is 5.91 Å². The standard InChI is InChI=1S/C19H24N4O3/c1-3-11-26-17-8-6-5-7-13(17)14-12-15(22-21-14)19(25)23-10-9-20-18(24)16(23)4-2/h5-8,12,16H,3-4,9-11H2,1-2H3,(H,20,24)(H,21,22)/t16-/m1/s1. The van der Waals surface area contributed by atoms with Crippen LogP contribution in [0.2, 0.25) is 0 Å². The fraction of sp³-hybridized carbons (Fsp3) is 0.421. The minimum absolute atomic E-state index is 0.106. The zero-order valence-corrected chi connectivity index (χ0v) is 15.1. The predicted molar refractivity (Wildman–Crippen MR) is 97.9 cm³/mol. The van der Waals surface area contributed by atoms with E-state index in [1.165, 1.54) is 0 Å². The van der Waals surface area contributed by atoms with Gasteiger partial charge in [-0.05, 0) is 31.0 Å². The van der Waals surface area contributed by atoms with Gasteiger partial charge in [0, 0.05) is 18.7 Å². The van der Waals surface area contributed by atoms with Gasteiger partial charge in [0.15, 0.2) is 0 Å². The lowest BCUT2D eigenvalue weighted by molar-refractivity contribution is -0.127. The Balaban J connectivity index is 1.84. The van der Waals surface area contributed by atoms with Gasteiger partial charge in [-0.2, -0.15) is 5.10 Å². The molecule has 0 aliphatic carbocycles. The number of piperazine rings is 1. The Kier molecular flexibility index (Phi) is 5.55. The summed E-state index contributed by atoms with van der Waals surface area (Å²) in [6.45, 7) is 5.53. The van der Waals surface area contributed by atoms with E-state index < -0.39 is 6.04 Å². The summed E-state index contributed by atoms with van der Waals surface area (Å²) in [5.41, 5.74) is 1.85. The van der Waals surface area contributed by atoms with Crippen LogP contribution in [0.25, 0.3) is 11.3 Å². The van der Waals surface area contributed by atoms with E-state index >= 15 is 0 Å². The van der Waals surface area contributed by atoms with E-state index in [2.05, 4.69) is 15.5 Å². The Bertz CT molecular complexity index is 787. The maximum Gasteiger partial charge on any atom is 0.272 e. The number of benzene rings is 1. The van der Waals surface area contributed by atoms with E-state index in [9.17, 15) is 9.59 Å². The maximum absolute atomic E-state index is 12.9. The summed E-state index contributed by atoms with van der Waals surface area (Å²) in [7, 11) is 0. The molecular formula is C19H24N4O3. The van der Waals surface area contributed by atoms with Crippen LogP contribution < -0.4 is 10.1 Å². The second-order valence-electron chi connectivity index (χ2n) is 6.23. The van der Waals surface area contributed by atoms with Crippen molar-refractivity contribution in [2.75, 3.05) is 19.7 Å². The molecule has 2 N–H and O–H groups in total. The lowest BCUT2D eigenvalue weighted by atomic mass is 10.1. The van der Waals surface area contributed by atoms with Gasteiger partial charge in [-0.15, -0.1) is 0 Å². The molecule has 0 unspecified atom stereocenters. The van der Waals surface area contributed by atoms with Crippen molar-refractivity contribution >= 4 is 11.8 Å². The maximum atomic E-state index is 12.9. The fourth-order valence-electron chi connectivity index (χ4n) is 3.10. The summed E-state index contributed by atoms with van der Waals surface area (Å²) < 4.78 is 5.77. The van der Waals surface area contributed by atoms with Gasteiger partial charge in [0.05, 0.1) is 12.3 Å². The molecule has 0 saturated carbocycles. The third kappa shape index (κ3) is 3.56. The first-order chi connectivity index (χ1) is 12.7. The zero-order valence-electron chi connectivity index (χ0n) is 15.1. The summed E-state index contributed by atoms with van der Waals surface area (Å²) in [6, 6.07) is 8.90. The first-order valence-electron chi connectivity index (χ1n) is 9.02. The van der Waals surface area contributed by atoms with Crippen LogP contribution in [0.3, 0.4) is 0 Å². The number of aromatic nitrogens is 2. The first-order valence-corrected chi connectivity index (χ1v) is 9.02. The molecule has 2 aromatic rings. The van der Waals surface area contributed by atoms with Crippen molar-refractivity contribution in [3.8, 4) is 17.0 Å². The van der Waals surface area contributed by atoms with E-state index in [0.717, 1.165) is 17.7 Å². The topological polar surface area (TPSA) is 87.3 Å². The molecule has 1 aliphatic heterocycles. The summed E-state index contributed by atoms with van der Waals surface area (Å²) >= 11 is 0. The molecule has 1 atom stereocenters. The van der Waals surface area contributed by atoms with Crippen LogP contribution in [0.4, 0.5) is 0 Å². The molecule has 2 amide bonds. The van der Waals surface area contributed by atoms with Gasteiger partial charge >= 0.3 is 0 Å². The number of nitrogens with one attached hydrogen (secondary N) is 2. The molecule has 7 nitrogen and oxygen atoms in total. The summed E-state index contributed by atoms with van der Waals surface area (Å²) in [6.07, 6.45) is 1.49. The Morgan fingerprint density at radius 1 is 1.35 bits per heavy atom. The number of ether oxygens (including phenoxy) is 1. The summed E-state index contributed by atoms with van der Waals surface area (Å²) in [4.78, 5) is 26.5. The lowest BCUT2D eigenvalue weighted by Crippen LogP contribution is -2.56. The summed E-state index contributed by atoms with van der Waals surface area (Å²) in [5.74, 6) is 0.422. The van der Waals surface area contributed by atoms with Crippen molar-refractivity contribution in [2.45, 2.75) is 32.7 Å². The van der Waals surface area contributed by atoms with Crippen molar-refractivity contribution in [2.24, 2.45) is 0 Å². The predicted octanol–water partition coefficient (Wildman–Crippen LogP) is 2.22. The fourth-order valence-corrected chi connectivity index (χ4v) is 3.10. The number of amides is 2. The Hall–Kier alpha value is -2.83. The number of hydrogen-bond acceptors (Lipinski definition) is 4. The van der Waals surface area contributed by atoms with Crippen molar-refractivity contribution in [1.82, 2.24) is 20.4 Å². The average Bonchev–Trinajstić information content (AvgIpc) is 3.15. The molecule has 3 rings (SSSR count). The van der Waals surface area contributed by atoms with E-state index in [1.807, 2.05) is 38.1 Å². The highest BCUT2D eigenvalue weighted by Gasteiger charge is 2.33. The van der Waals surface area contributed by atoms with E-state index in [0.29, 0.717) is 37.5 Å². The molecule has 1 fully saturated rings. The Morgan fingerprint density at radius 3 is 2.92 bits per heavy atom. The number of nitrogens with zero attached hydrogens (tertiary/aromatic N) is 2. The molecule has 0 bridgehead atoms. The molecule has 0 radical (unpaired) electrons. The van der Waals surface area contributed by atoms with Gasteiger partial charge in [0.2, 0.25) is 5.91 Å². The van der Waals surface area contributed by atoms with Gasteiger partial charge in [0.1, 0.15) is 17.5 Å². The molecule has 2 heterocycles. The van der Waals surface area contributed by atoms with Crippen LogP contribution in [-0.4, -0.2) is 52.6 Å². The molecule has 1 aromatic carbocycles. The molecule has 0 spiro atoms. The highest BCUT2D eigenvalue weighted by Crippen LogP contribution is 2.29. The molecule has 1 saturated heterocycles. The van der Waals surface area contributed by atoms with Gasteiger partial charge < -0.3 is 15.0 Å². The van der Waals surface area contributed by atoms with Crippen LogP contribution in [-0.2, 0) is 4.79 Å². The lowest BCUT2D eigenvalue weighted by Gasteiger charge is -2.34. The number of para-hydroxylation sites is 1. The third-order valence-electron chi connectivity index (χ3n) is 4.41. The van der Waals surface area contributed by atoms with Gasteiger partial charge in [-0.1, -0.05) is 26.0 Å². The SMILES string of the molecule is CCCOc1ccccc1-c1cc(C(=O)N2CCNC(=O)[C@H]2CC)[nH]n1. The normalized spacial score (nSPS) is 17.1. The van der Waals surface area contributed by atoms with Gasteiger partial charge in [-0.3, -0.25) is 14.7 Å². The minimum Gasteiger partial charge on any atom is -0.493 e. The Morgan fingerprint density at radius 2 is 2.15 bits per heavy atom. The first kappa shape index (κ1) is 18.0. The zero-order chi connectivity index (χ0) is 18.5. The largest absolute Gasteiger partial charge is 0.493 e. The van der Waals surface area contributed by atoms with Crippen molar-refractivity contribution in [3.05, 3.63) is 36.0 Å². The smallest absolute Gasteiger partial charge is 0.272 e. The van der Waals surface area contributed by atoms with Crippen LogP contribution in [0.15, 0.2) is 30.3 Å². The highest BCUT2D eigenvalue weighted by molar-refractivity contribution is 5.97. The van der Waals surface area contributed by atoms with E-state index in [4.69, 9.17) is 4.74 Å². The number of aromatic amines is 1. The molecule has 26 heavy (non-hydrogen) atoms. The average molecular weight is 356 g/mol. The van der Waals surface area contributed by atoms with Crippen molar-refractivity contribution in [1.29, 1.82) is 0 Å². The molecule has 7 heteroatoms. The molecular weight excluding hydrogens is 332 g/mol. The number of H-pyrrole nitrogens is 1. The number of hydrogen-bond donors (Lipinski definition) is 2. The van der Waals surface area contributed by atoms with Crippen LogP contribution in [0.1, 0.15) is 37.2 Å². The van der Waals surface area contributed by atoms with Crippen molar-refractivity contribution in [3.63, 3.8) is 0 Å². The monoisotopic (exact) mass is 356 g/mol. The highest BCUT2D eigenvalue weighted by atomic mass is 16.5. The number of carbonyl (C=O) groups excluding carboxylic acids is 2. The van der Waals surface area contributed by atoms with E-state index in [1.54, 1.807) is 11.0 Å². The van der Waals surface area contributed by atoms with Gasteiger partial charge in [-0.25, -0.2) is 0 Å².